The number of carbonyl (C=O) groups excluding carboxylic acids is 1. The zero-order chi connectivity index (χ0) is 13.9. The number of ether oxygens (including phenoxy) is 1. The normalized spacial score (nSPS) is 18.1. The van der Waals surface area contributed by atoms with E-state index in [0.29, 0.717) is 18.4 Å². The Morgan fingerprint density at radius 2 is 2.05 bits per heavy atom. The molecule has 19 heavy (non-hydrogen) atoms. The van der Waals surface area contributed by atoms with E-state index in [0.717, 1.165) is 19.3 Å². The molecule has 1 aromatic carbocycles. The summed E-state index contributed by atoms with van der Waals surface area (Å²) < 4.78 is 19.1. The number of halogens is 1. The van der Waals surface area contributed by atoms with E-state index < -0.39 is 11.4 Å². The van der Waals surface area contributed by atoms with Gasteiger partial charge in [-0.25, -0.2) is 4.39 Å². The third-order valence-corrected chi connectivity index (χ3v) is 3.62. The second-order valence-corrected chi connectivity index (χ2v) is 5.28. The monoisotopic (exact) mass is 266 g/mol. The highest BCUT2D eigenvalue weighted by atomic mass is 19.1. The fourth-order valence-electron chi connectivity index (χ4n) is 2.40. The molecule has 1 N–H and O–H groups in total. The molecule has 104 valence electrons. The van der Waals surface area contributed by atoms with Crippen molar-refractivity contribution < 1.29 is 19.0 Å². The number of hydrogen-bond acceptors (Lipinski definition) is 3. The molecule has 0 radical (unpaired) electrons. The van der Waals surface area contributed by atoms with Crippen molar-refractivity contribution in [2.75, 3.05) is 6.61 Å². The first-order valence-electron chi connectivity index (χ1n) is 6.66. The van der Waals surface area contributed by atoms with E-state index in [9.17, 15) is 14.3 Å². The number of benzene rings is 1. The molecule has 4 heteroatoms. The van der Waals surface area contributed by atoms with Gasteiger partial charge < -0.3 is 9.84 Å². The molecule has 0 bridgehead atoms. The van der Waals surface area contributed by atoms with E-state index in [1.165, 1.54) is 25.1 Å². The number of Topliss-reactive ketones (excluding diaryl/α,β-unsaturated/α-hetero) is 1. The molecule has 1 saturated carbocycles. The van der Waals surface area contributed by atoms with Gasteiger partial charge >= 0.3 is 0 Å². The van der Waals surface area contributed by atoms with Gasteiger partial charge in [-0.15, -0.1) is 0 Å². The van der Waals surface area contributed by atoms with Gasteiger partial charge in [-0.05, 0) is 38.0 Å². The van der Waals surface area contributed by atoms with Crippen LogP contribution in [0.1, 0.15) is 49.4 Å². The van der Waals surface area contributed by atoms with E-state index in [2.05, 4.69) is 0 Å². The minimum absolute atomic E-state index is 0.0870. The SMILES string of the molecule is CC(=O)c1ccc(OCC2(O)CCCCC2)c(F)c1. The minimum atomic E-state index is -0.843. The van der Waals surface area contributed by atoms with E-state index in [1.54, 1.807) is 0 Å². The summed E-state index contributed by atoms with van der Waals surface area (Å²) in [7, 11) is 0. The summed E-state index contributed by atoms with van der Waals surface area (Å²) in [6.07, 6.45) is 4.47. The van der Waals surface area contributed by atoms with Gasteiger partial charge in [0.2, 0.25) is 0 Å². The largest absolute Gasteiger partial charge is 0.488 e. The molecule has 0 heterocycles. The van der Waals surface area contributed by atoms with E-state index in [-0.39, 0.29) is 18.1 Å². The van der Waals surface area contributed by atoms with Gasteiger partial charge in [0.1, 0.15) is 6.61 Å². The van der Waals surface area contributed by atoms with Gasteiger partial charge in [0.05, 0.1) is 5.60 Å². The highest BCUT2D eigenvalue weighted by molar-refractivity contribution is 5.94. The maximum Gasteiger partial charge on any atom is 0.165 e. The fraction of sp³-hybridized carbons (Fsp3) is 0.533. The Labute approximate surface area is 112 Å². The van der Waals surface area contributed by atoms with Gasteiger partial charge in [-0.3, -0.25) is 4.79 Å². The van der Waals surface area contributed by atoms with Crippen LogP contribution in [0.3, 0.4) is 0 Å². The smallest absolute Gasteiger partial charge is 0.165 e. The van der Waals surface area contributed by atoms with Crippen LogP contribution in [-0.2, 0) is 0 Å². The van der Waals surface area contributed by atoms with Gasteiger partial charge in [0.25, 0.3) is 0 Å². The van der Waals surface area contributed by atoms with Crippen LogP contribution in [0.15, 0.2) is 18.2 Å². The predicted octanol–water partition coefficient (Wildman–Crippen LogP) is 3.10. The topological polar surface area (TPSA) is 46.5 Å². The highest BCUT2D eigenvalue weighted by Gasteiger charge is 2.30. The summed E-state index contributed by atoms with van der Waals surface area (Å²) >= 11 is 0. The number of rotatable bonds is 4. The predicted molar refractivity (Wildman–Crippen MR) is 69.9 cm³/mol. The third kappa shape index (κ3) is 3.53. The standard InChI is InChI=1S/C15H19FO3/c1-11(17)12-5-6-14(13(16)9-12)19-10-15(18)7-3-2-4-8-15/h5-6,9,18H,2-4,7-8,10H2,1H3. The van der Waals surface area contributed by atoms with Crippen LogP contribution in [0.4, 0.5) is 4.39 Å². The Morgan fingerprint density at radius 1 is 1.37 bits per heavy atom. The molecule has 0 aromatic heterocycles. The van der Waals surface area contributed by atoms with E-state index >= 15 is 0 Å². The maximum atomic E-state index is 13.7. The molecule has 1 aliphatic rings. The number of carbonyl (C=O) groups is 1. The van der Waals surface area contributed by atoms with Gasteiger partial charge in [0, 0.05) is 5.56 Å². The average Bonchev–Trinajstić information content (AvgIpc) is 2.38. The first kappa shape index (κ1) is 14.0. The summed E-state index contributed by atoms with van der Waals surface area (Å²) in [5.74, 6) is -0.660. The van der Waals surface area contributed by atoms with E-state index in [4.69, 9.17) is 4.74 Å². The Hall–Kier alpha value is -1.42. The lowest BCUT2D eigenvalue weighted by Gasteiger charge is -2.31. The molecule has 3 nitrogen and oxygen atoms in total. The Bertz CT molecular complexity index is 464. The molecule has 2 rings (SSSR count). The summed E-state index contributed by atoms with van der Waals surface area (Å²) in [6, 6.07) is 4.15. The van der Waals surface area contributed by atoms with Crippen molar-refractivity contribution in [3.05, 3.63) is 29.6 Å². The Balaban J connectivity index is 2.01. The van der Waals surface area contributed by atoms with Crippen LogP contribution < -0.4 is 4.74 Å². The molecule has 0 atom stereocenters. The van der Waals surface area contributed by atoms with Crippen molar-refractivity contribution in [2.45, 2.75) is 44.6 Å². The lowest BCUT2D eigenvalue weighted by Crippen LogP contribution is -2.38. The zero-order valence-electron chi connectivity index (χ0n) is 11.1. The molecule has 0 spiro atoms. The van der Waals surface area contributed by atoms with Crippen molar-refractivity contribution in [2.24, 2.45) is 0 Å². The van der Waals surface area contributed by atoms with Gasteiger partial charge in [-0.1, -0.05) is 19.3 Å². The summed E-state index contributed by atoms with van der Waals surface area (Å²) in [4.78, 5) is 11.1. The Kier molecular flexibility index (Phi) is 4.20. The molecule has 1 aromatic rings. The van der Waals surface area contributed by atoms with Gasteiger partial charge in [0.15, 0.2) is 17.3 Å². The summed E-state index contributed by atoms with van der Waals surface area (Å²) in [5.41, 5.74) is -0.523. The second kappa shape index (κ2) is 5.70. The quantitative estimate of drug-likeness (QED) is 0.852. The third-order valence-electron chi connectivity index (χ3n) is 3.62. The Morgan fingerprint density at radius 3 is 2.63 bits per heavy atom. The van der Waals surface area contributed by atoms with Gasteiger partial charge in [-0.2, -0.15) is 0 Å². The number of aliphatic hydroxyl groups is 1. The minimum Gasteiger partial charge on any atom is -0.488 e. The van der Waals surface area contributed by atoms with Crippen LogP contribution in [-0.4, -0.2) is 23.1 Å². The fourth-order valence-corrected chi connectivity index (χ4v) is 2.40. The first-order chi connectivity index (χ1) is 9.00. The van der Waals surface area contributed by atoms with Crippen molar-refractivity contribution in [1.29, 1.82) is 0 Å². The molecular weight excluding hydrogens is 247 g/mol. The lowest BCUT2D eigenvalue weighted by atomic mass is 9.85. The highest BCUT2D eigenvalue weighted by Crippen LogP contribution is 2.29. The van der Waals surface area contributed by atoms with Crippen LogP contribution in [0, 0.1) is 5.82 Å². The van der Waals surface area contributed by atoms with Crippen LogP contribution >= 0.6 is 0 Å². The maximum absolute atomic E-state index is 13.7. The molecule has 1 aliphatic carbocycles. The van der Waals surface area contributed by atoms with Crippen LogP contribution in [0.25, 0.3) is 0 Å². The van der Waals surface area contributed by atoms with Crippen molar-refractivity contribution in [1.82, 2.24) is 0 Å². The zero-order valence-corrected chi connectivity index (χ0v) is 11.1. The first-order valence-corrected chi connectivity index (χ1v) is 6.66. The lowest BCUT2D eigenvalue weighted by molar-refractivity contribution is -0.0347. The number of ketones is 1. The van der Waals surface area contributed by atoms with Crippen molar-refractivity contribution >= 4 is 5.78 Å². The van der Waals surface area contributed by atoms with Crippen molar-refractivity contribution in [3.8, 4) is 5.75 Å². The molecule has 0 aliphatic heterocycles. The molecule has 0 saturated heterocycles. The molecular formula is C15H19FO3. The van der Waals surface area contributed by atoms with Crippen LogP contribution in [0.2, 0.25) is 0 Å². The summed E-state index contributed by atoms with van der Waals surface area (Å²) in [6.45, 7) is 1.49. The van der Waals surface area contributed by atoms with Crippen LogP contribution in [0.5, 0.6) is 5.75 Å². The molecule has 1 fully saturated rings. The molecule has 0 amide bonds. The van der Waals surface area contributed by atoms with Crippen molar-refractivity contribution in [3.63, 3.8) is 0 Å². The number of hydrogen-bond donors (Lipinski definition) is 1. The summed E-state index contributed by atoms with van der Waals surface area (Å²) in [5, 5.41) is 10.3. The molecule has 0 unspecified atom stereocenters. The second-order valence-electron chi connectivity index (χ2n) is 5.28. The average molecular weight is 266 g/mol. The van der Waals surface area contributed by atoms with E-state index in [1.807, 2.05) is 0 Å².